The van der Waals surface area contributed by atoms with E-state index in [9.17, 15) is 5.11 Å². The van der Waals surface area contributed by atoms with Gasteiger partial charge in [0.25, 0.3) is 0 Å². The third-order valence-corrected chi connectivity index (χ3v) is 3.29. The van der Waals surface area contributed by atoms with Crippen LogP contribution in [0.25, 0.3) is 0 Å². The zero-order valence-corrected chi connectivity index (χ0v) is 11.9. The Morgan fingerprint density at radius 3 is 2.06 bits per heavy atom. The van der Waals surface area contributed by atoms with Crippen molar-refractivity contribution in [2.75, 3.05) is 0 Å². The fraction of sp³-hybridized carbons (Fsp3) is 0.538. The largest absolute Gasteiger partial charge is 0.507 e. The number of phenols is 1. The van der Waals surface area contributed by atoms with E-state index in [1.165, 1.54) is 0 Å². The topological polar surface area (TPSA) is 46.2 Å². The molecule has 0 bridgehead atoms. The summed E-state index contributed by atoms with van der Waals surface area (Å²) >= 11 is 3.47. The van der Waals surface area contributed by atoms with Crippen molar-refractivity contribution in [3.8, 4) is 5.75 Å². The highest BCUT2D eigenvalue weighted by atomic mass is 79.9. The van der Waals surface area contributed by atoms with Crippen LogP contribution in [0.2, 0.25) is 0 Å². The van der Waals surface area contributed by atoms with E-state index in [-0.39, 0.29) is 12.0 Å². The molecule has 0 aliphatic rings. The SMILES string of the molecule is CC(C)c1cc(Br)cc(C(N)C(C)C)c1O. The van der Waals surface area contributed by atoms with Gasteiger partial charge in [0.2, 0.25) is 0 Å². The number of halogens is 1. The van der Waals surface area contributed by atoms with Gasteiger partial charge in [-0.2, -0.15) is 0 Å². The fourth-order valence-corrected chi connectivity index (χ4v) is 2.19. The average Bonchev–Trinajstić information content (AvgIpc) is 2.19. The van der Waals surface area contributed by atoms with Gasteiger partial charge in [-0.3, -0.25) is 0 Å². The Balaban J connectivity index is 3.29. The molecule has 90 valence electrons. The van der Waals surface area contributed by atoms with E-state index in [2.05, 4.69) is 43.6 Å². The fourth-order valence-electron chi connectivity index (χ4n) is 1.70. The summed E-state index contributed by atoms with van der Waals surface area (Å²) in [4.78, 5) is 0. The summed E-state index contributed by atoms with van der Waals surface area (Å²) in [6.07, 6.45) is 0. The zero-order chi connectivity index (χ0) is 12.5. The molecule has 1 aromatic carbocycles. The molecule has 0 amide bonds. The van der Waals surface area contributed by atoms with Crippen LogP contribution in [0.1, 0.15) is 50.8 Å². The predicted octanol–water partition coefficient (Wildman–Crippen LogP) is 3.93. The van der Waals surface area contributed by atoms with Crippen molar-refractivity contribution in [1.82, 2.24) is 0 Å². The number of phenolic OH excluding ortho intramolecular Hbond substituents is 1. The highest BCUT2D eigenvalue weighted by molar-refractivity contribution is 9.10. The molecule has 0 spiro atoms. The van der Waals surface area contributed by atoms with Gasteiger partial charge >= 0.3 is 0 Å². The van der Waals surface area contributed by atoms with Gasteiger partial charge < -0.3 is 10.8 Å². The second kappa shape index (κ2) is 5.19. The first-order valence-electron chi connectivity index (χ1n) is 5.62. The molecule has 0 saturated carbocycles. The number of hydrogen-bond acceptors (Lipinski definition) is 2. The number of aromatic hydroxyl groups is 1. The minimum Gasteiger partial charge on any atom is -0.507 e. The molecule has 1 rings (SSSR count). The van der Waals surface area contributed by atoms with Gasteiger partial charge in [-0.25, -0.2) is 0 Å². The molecule has 0 fully saturated rings. The highest BCUT2D eigenvalue weighted by Crippen LogP contribution is 2.36. The van der Waals surface area contributed by atoms with Crippen molar-refractivity contribution >= 4 is 15.9 Å². The summed E-state index contributed by atoms with van der Waals surface area (Å²) in [5.74, 6) is 0.940. The third-order valence-electron chi connectivity index (χ3n) is 2.83. The molecule has 0 heterocycles. The van der Waals surface area contributed by atoms with E-state index in [1.807, 2.05) is 12.1 Å². The lowest BCUT2D eigenvalue weighted by Crippen LogP contribution is -2.17. The van der Waals surface area contributed by atoms with Crippen LogP contribution in [-0.4, -0.2) is 5.11 Å². The van der Waals surface area contributed by atoms with Crippen LogP contribution in [0.4, 0.5) is 0 Å². The van der Waals surface area contributed by atoms with Crippen LogP contribution >= 0.6 is 15.9 Å². The van der Waals surface area contributed by atoms with Crippen molar-refractivity contribution in [1.29, 1.82) is 0 Å². The van der Waals surface area contributed by atoms with E-state index < -0.39 is 0 Å². The Morgan fingerprint density at radius 2 is 1.62 bits per heavy atom. The molecule has 0 aliphatic carbocycles. The minimum absolute atomic E-state index is 0.130. The van der Waals surface area contributed by atoms with Crippen LogP contribution in [0.3, 0.4) is 0 Å². The van der Waals surface area contributed by atoms with Crippen LogP contribution in [0, 0.1) is 5.92 Å². The Kier molecular flexibility index (Phi) is 4.39. The van der Waals surface area contributed by atoms with Crippen molar-refractivity contribution < 1.29 is 5.11 Å². The summed E-state index contributed by atoms with van der Waals surface area (Å²) in [6, 6.07) is 3.73. The average molecular weight is 286 g/mol. The van der Waals surface area contributed by atoms with E-state index in [0.717, 1.165) is 15.6 Å². The quantitative estimate of drug-likeness (QED) is 0.884. The first-order valence-corrected chi connectivity index (χ1v) is 6.41. The second-order valence-electron chi connectivity index (χ2n) is 4.86. The Morgan fingerprint density at radius 1 is 1.12 bits per heavy atom. The minimum atomic E-state index is -0.130. The van der Waals surface area contributed by atoms with Gasteiger partial charge in [-0.1, -0.05) is 43.6 Å². The van der Waals surface area contributed by atoms with Gasteiger partial charge in [0.1, 0.15) is 5.75 Å². The van der Waals surface area contributed by atoms with E-state index >= 15 is 0 Å². The maximum atomic E-state index is 10.2. The van der Waals surface area contributed by atoms with Crippen LogP contribution in [0.5, 0.6) is 5.75 Å². The summed E-state index contributed by atoms with van der Waals surface area (Å²) < 4.78 is 0.972. The Bertz CT molecular complexity index is 374. The van der Waals surface area contributed by atoms with Gasteiger partial charge in [0.15, 0.2) is 0 Å². The first kappa shape index (κ1) is 13.5. The normalized spacial score (nSPS) is 13.5. The first-order chi connectivity index (χ1) is 7.34. The monoisotopic (exact) mass is 285 g/mol. The molecule has 2 nitrogen and oxygen atoms in total. The molecule has 3 N–H and O–H groups in total. The van der Waals surface area contributed by atoms with Gasteiger partial charge in [0, 0.05) is 16.1 Å². The van der Waals surface area contributed by atoms with Crippen molar-refractivity contribution in [3.05, 3.63) is 27.7 Å². The van der Waals surface area contributed by atoms with Crippen molar-refractivity contribution in [3.63, 3.8) is 0 Å². The molecule has 16 heavy (non-hydrogen) atoms. The number of hydrogen-bond donors (Lipinski definition) is 2. The third kappa shape index (κ3) is 2.77. The summed E-state index contributed by atoms with van der Waals surface area (Å²) in [6.45, 7) is 8.23. The molecule has 0 saturated heterocycles. The molecule has 3 heteroatoms. The maximum absolute atomic E-state index is 10.2. The summed E-state index contributed by atoms with van der Waals surface area (Å²) in [7, 11) is 0. The Labute approximate surface area is 106 Å². The van der Waals surface area contributed by atoms with Crippen LogP contribution in [-0.2, 0) is 0 Å². The van der Waals surface area contributed by atoms with E-state index in [1.54, 1.807) is 0 Å². The number of rotatable bonds is 3. The van der Waals surface area contributed by atoms with Crippen LogP contribution in [0.15, 0.2) is 16.6 Å². The Hall–Kier alpha value is -0.540. The van der Waals surface area contributed by atoms with E-state index in [4.69, 9.17) is 5.73 Å². The number of nitrogens with two attached hydrogens (primary N) is 1. The molecular formula is C13H20BrNO. The lowest BCUT2D eigenvalue weighted by atomic mass is 9.91. The zero-order valence-electron chi connectivity index (χ0n) is 10.3. The standard InChI is InChI=1S/C13H20BrNO/c1-7(2)10-5-9(14)6-11(13(10)16)12(15)8(3)4/h5-8,12,16H,15H2,1-4H3. The predicted molar refractivity (Wildman–Crippen MR) is 71.7 cm³/mol. The lowest BCUT2D eigenvalue weighted by Gasteiger charge is -2.20. The molecule has 1 atom stereocenters. The van der Waals surface area contributed by atoms with Gasteiger partial charge in [0.05, 0.1) is 0 Å². The van der Waals surface area contributed by atoms with Crippen molar-refractivity contribution in [2.45, 2.75) is 39.7 Å². The molecular weight excluding hydrogens is 266 g/mol. The second-order valence-corrected chi connectivity index (χ2v) is 5.77. The van der Waals surface area contributed by atoms with E-state index in [0.29, 0.717) is 11.7 Å². The lowest BCUT2D eigenvalue weighted by molar-refractivity contribution is 0.432. The maximum Gasteiger partial charge on any atom is 0.123 e. The smallest absolute Gasteiger partial charge is 0.123 e. The van der Waals surface area contributed by atoms with Crippen LogP contribution < -0.4 is 5.73 Å². The summed E-state index contributed by atoms with van der Waals surface area (Å²) in [5.41, 5.74) is 7.87. The highest BCUT2D eigenvalue weighted by Gasteiger charge is 2.19. The van der Waals surface area contributed by atoms with Gasteiger partial charge in [-0.15, -0.1) is 0 Å². The molecule has 0 aliphatic heterocycles. The molecule has 0 aromatic heterocycles. The van der Waals surface area contributed by atoms with Gasteiger partial charge in [-0.05, 0) is 29.5 Å². The molecule has 1 aromatic rings. The van der Waals surface area contributed by atoms with Crippen molar-refractivity contribution in [2.24, 2.45) is 11.7 Å². The molecule has 0 radical (unpaired) electrons. The molecule has 1 unspecified atom stereocenters. The number of benzene rings is 1. The summed E-state index contributed by atoms with van der Waals surface area (Å²) in [5, 5.41) is 10.2.